The molecule has 1 aromatic heterocycles. The van der Waals surface area contributed by atoms with E-state index in [2.05, 4.69) is 10.2 Å². The normalized spacial score (nSPS) is 10.6. The molecule has 0 aliphatic heterocycles. The molecule has 0 spiro atoms. The SMILES string of the molecule is COCCN(C(=O)c1ccc(Cl)nn1)C(C)C. The highest BCUT2D eigenvalue weighted by Crippen LogP contribution is 2.08. The van der Waals surface area contributed by atoms with Crippen LogP contribution < -0.4 is 0 Å². The smallest absolute Gasteiger partial charge is 0.274 e. The summed E-state index contributed by atoms with van der Waals surface area (Å²) in [6.07, 6.45) is 0. The number of methoxy groups -OCH3 is 1. The van der Waals surface area contributed by atoms with Crippen molar-refractivity contribution in [1.82, 2.24) is 15.1 Å². The van der Waals surface area contributed by atoms with Crippen LogP contribution in [-0.4, -0.2) is 47.3 Å². The van der Waals surface area contributed by atoms with E-state index >= 15 is 0 Å². The number of hydrogen-bond donors (Lipinski definition) is 0. The number of rotatable bonds is 5. The Labute approximate surface area is 106 Å². The first-order valence-electron chi connectivity index (χ1n) is 5.35. The molecule has 0 aliphatic rings. The number of halogens is 1. The van der Waals surface area contributed by atoms with E-state index in [4.69, 9.17) is 16.3 Å². The molecule has 0 atom stereocenters. The van der Waals surface area contributed by atoms with Crippen LogP contribution in [0.3, 0.4) is 0 Å². The van der Waals surface area contributed by atoms with Crippen molar-refractivity contribution in [3.05, 3.63) is 23.0 Å². The molecule has 0 N–H and O–H groups in total. The van der Waals surface area contributed by atoms with Crippen LogP contribution in [0.5, 0.6) is 0 Å². The van der Waals surface area contributed by atoms with Crippen molar-refractivity contribution in [2.75, 3.05) is 20.3 Å². The van der Waals surface area contributed by atoms with Gasteiger partial charge in [0.25, 0.3) is 5.91 Å². The van der Waals surface area contributed by atoms with Gasteiger partial charge in [-0.25, -0.2) is 0 Å². The second-order valence-electron chi connectivity index (χ2n) is 3.83. The predicted molar refractivity (Wildman–Crippen MR) is 65.1 cm³/mol. The highest BCUT2D eigenvalue weighted by Gasteiger charge is 2.19. The van der Waals surface area contributed by atoms with Gasteiger partial charge in [-0.2, -0.15) is 0 Å². The number of nitrogens with zero attached hydrogens (tertiary/aromatic N) is 3. The highest BCUT2D eigenvalue weighted by molar-refractivity contribution is 6.29. The first-order valence-corrected chi connectivity index (χ1v) is 5.73. The number of hydrogen-bond acceptors (Lipinski definition) is 4. The molecule has 0 saturated heterocycles. The van der Waals surface area contributed by atoms with E-state index in [1.807, 2.05) is 13.8 Å². The lowest BCUT2D eigenvalue weighted by Gasteiger charge is -2.25. The van der Waals surface area contributed by atoms with Gasteiger partial charge < -0.3 is 9.64 Å². The topological polar surface area (TPSA) is 55.3 Å². The molecule has 0 saturated carbocycles. The summed E-state index contributed by atoms with van der Waals surface area (Å²) >= 11 is 5.62. The molecule has 1 aromatic rings. The Morgan fingerprint density at radius 2 is 2.18 bits per heavy atom. The fraction of sp³-hybridized carbons (Fsp3) is 0.545. The molecule has 1 amide bonds. The van der Waals surface area contributed by atoms with Crippen LogP contribution in [0.2, 0.25) is 5.15 Å². The van der Waals surface area contributed by atoms with Gasteiger partial charge in [-0.1, -0.05) is 11.6 Å². The Bertz CT molecular complexity index is 367. The maximum Gasteiger partial charge on any atom is 0.274 e. The molecule has 94 valence electrons. The number of ether oxygens (including phenoxy) is 1. The zero-order valence-electron chi connectivity index (χ0n) is 10.2. The molecule has 1 heterocycles. The second kappa shape index (κ2) is 6.51. The van der Waals surface area contributed by atoms with Crippen molar-refractivity contribution in [3.8, 4) is 0 Å². The van der Waals surface area contributed by atoms with Crippen molar-refractivity contribution >= 4 is 17.5 Å². The molecule has 1 rings (SSSR count). The molecular weight excluding hydrogens is 242 g/mol. The molecule has 0 radical (unpaired) electrons. The van der Waals surface area contributed by atoms with E-state index in [1.54, 1.807) is 24.1 Å². The maximum atomic E-state index is 12.1. The van der Waals surface area contributed by atoms with Crippen LogP contribution in [0.1, 0.15) is 24.3 Å². The Kier molecular flexibility index (Phi) is 5.31. The van der Waals surface area contributed by atoms with Gasteiger partial charge in [-0.05, 0) is 26.0 Å². The standard InChI is InChI=1S/C11H16ClN3O2/c1-8(2)15(6-7-17-3)11(16)9-4-5-10(12)14-13-9/h4-5,8H,6-7H2,1-3H3. The van der Waals surface area contributed by atoms with Gasteiger partial charge in [0.2, 0.25) is 0 Å². The van der Waals surface area contributed by atoms with E-state index in [9.17, 15) is 4.79 Å². The Hall–Kier alpha value is -1.20. The molecular formula is C11H16ClN3O2. The summed E-state index contributed by atoms with van der Waals surface area (Å²) < 4.78 is 4.98. The molecule has 0 fully saturated rings. The molecule has 17 heavy (non-hydrogen) atoms. The van der Waals surface area contributed by atoms with Gasteiger partial charge in [-0.3, -0.25) is 4.79 Å². The minimum Gasteiger partial charge on any atom is -0.383 e. The first kappa shape index (κ1) is 13.9. The third kappa shape index (κ3) is 3.94. The average molecular weight is 258 g/mol. The summed E-state index contributed by atoms with van der Waals surface area (Å²) in [4.78, 5) is 13.8. The molecule has 6 heteroatoms. The van der Waals surface area contributed by atoms with Crippen LogP contribution in [0, 0.1) is 0 Å². The van der Waals surface area contributed by atoms with Crippen molar-refractivity contribution in [2.45, 2.75) is 19.9 Å². The van der Waals surface area contributed by atoms with Crippen molar-refractivity contribution in [3.63, 3.8) is 0 Å². The zero-order chi connectivity index (χ0) is 12.8. The van der Waals surface area contributed by atoms with E-state index in [0.717, 1.165) is 0 Å². The largest absolute Gasteiger partial charge is 0.383 e. The third-order valence-corrected chi connectivity index (χ3v) is 2.47. The monoisotopic (exact) mass is 257 g/mol. The van der Waals surface area contributed by atoms with Gasteiger partial charge in [0.1, 0.15) is 0 Å². The van der Waals surface area contributed by atoms with Gasteiger partial charge >= 0.3 is 0 Å². The van der Waals surface area contributed by atoms with Crippen LogP contribution in [0.4, 0.5) is 0 Å². The number of amides is 1. The molecule has 5 nitrogen and oxygen atoms in total. The number of aromatic nitrogens is 2. The average Bonchev–Trinajstić information content (AvgIpc) is 2.29. The second-order valence-corrected chi connectivity index (χ2v) is 4.21. The van der Waals surface area contributed by atoms with Crippen molar-refractivity contribution < 1.29 is 9.53 Å². The van der Waals surface area contributed by atoms with E-state index in [0.29, 0.717) is 18.8 Å². The van der Waals surface area contributed by atoms with Crippen LogP contribution >= 0.6 is 11.6 Å². The highest BCUT2D eigenvalue weighted by atomic mass is 35.5. The molecule has 0 aromatic carbocycles. The van der Waals surface area contributed by atoms with Crippen molar-refractivity contribution in [1.29, 1.82) is 0 Å². The van der Waals surface area contributed by atoms with Crippen LogP contribution in [0.25, 0.3) is 0 Å². The molecule has 0 aliphatic carbocycles. The van der Waals surface area contributed by atoms with E-state index < -0.39 is 0 Å². The zero-order valence-corrected chi connectivity index (χ0v) is 10.9. The van der Waals surface area contributed by atoms with Crippen molar-refractivity contribution in [2.24, 2.45) is 0 Å². The van der Waals surface area contributed by atoms with Crippen LogP contribution in [-0.2, 0) is 4.74 Å². The maximum absolute atomic E-state index is 12.1. The number of carbonyl (C=O) groups is 1. The fourth-order valence-corrected chi connectivity index (χ4v) is 1.46. The summed E-state index contributed by atoms with van der Waals surface area (Å²) in [5.41, 5.74) is 0.291. The summed E-state index contributed by atoms with van der Waals surface area (Å²) in [6, 6.07) is 3.20. The van der Waals surface area contributed by atoms with Gasteiger partial charge in [-0.15, -0.1) is 10.2 Å². The fourth-order valence-electron chi connectivity index (χ4n) is 1.36. The predicted octanol–water partition coefficient (Wildman–Crippen LogP) is 1.63. The quantitative estimate of drug-likeness (QED) is 0.805. The molecule has 0 bridgehead atoms. The Morgan fingerprint density at radius 3 is 2.65 bits per heavy atom. The van der Waals surface area contributed by atoms with Gasteiger partial charge in [0.05, 0.1) is 6.61 Å². The Balaban J connectivity index is 2.80. The minimum absolute atomic E-state index is 0.0788. The van der Waals surface area contributed by atoms with E-state index in [-0.39, 0.29) is 17.1 Å². The summed E-state index contributed by atoms with van der Waals surface area (Å²) in [6.45, 7) is 4.90. The third-order valence-electron chi connectivity index (χ3n) is 2.27. The van der Waals surface area contributed by atoms with Gasteiger partial charge in [0, 0.05) is 19.7 Å². The lowest BCUT2D eigenvalue weighted by molar-refractivity contribution is 0.0628. The summed E-state index contributed by atoms with van der Waals surface area (Å²) in [7, 11) is 1.60. The van der Waals surface area contributed by atoms with E-state index in [1.165, 1.54) is 0 Å². The van der Waals surface area contributed by atoms with Crippen LogP contribution in [0.15, 0.2) is 12.1 Å². The minimum atomic E-state index is -0.166. The first-order chi connectivity index (χ1) is 8.06. The lowest BCUT2D eigenvalue weighted by atomic mass is 10.2. The lowest BCUT2D eigenvalue weighted by Crippen LogP contribution is -2.39. The van der Waals surface area contributed by atoms with Gasteiger partial charge in [0.15, 0.2) is 10.8 Å². The molecule has 0 unspecified atom stereocenters. The summed E-state index contributed by atoms with van der Waals surface area (Å²) in [5.74, 6) is -0.166. The summed E-state index contributed by atoms with van der Waals surface area (Å²) in [5, 5.41) is 7.71. The number of carbonyl (C=O) groups excluding carboxylic acids is 1. The Morgan fingerprint density at radius 1 is 1.47 bits per heavy atom.